The zero-order valence-corrected chi connectivity index (χ0v) is 15.5. The van der Waals surface area contributed by atoms with Gasteiger partial charge < -0.3 is 9.64 Å². The molecule has 0 aromatic heterocycles. The minimum Gasteiger partial charge on any atom is -0.378 e. The van der Waals surface area contributed by atoms with Gasteiger partial charge in [-0.1, -0.05) is 48.5 Å². The Bertz CT molecular complexity index is 1040. The molecule has 3 aromatic carbocycles. The molecule has 0 unspecified atom stereocenters. The Kier molecular flexibility index (Phi) is 3.66. The zero-order chi connectivity index (χ0) is 18.5. The fourth-order valence-electron chi connectivity index (χ4n) is 3.99. The summed E-state index contributed by atoms with van der Waals surface area (Å²) >= 11 is 0. The van der Waals surface area contributed by atoms with Crippen LogP contribution in [0.4, 0.5) is 5.69 Å². The number of hydrogen-bond donors (Lipinski definition) is 0. The SMILES string of the molecule is CN(C)c1ccc([C@H]2O[C@H]2C(=O)c2ccc3c(c2)Cc2ccccc2-3)cc1. The summed E-state index contributed by atoms with van der Waals surface area (Å²) in [5.74, 6) is 0.0791. The average Bonchev–Trinajstić information content (AvgIpc) is 3.41. The number of ketones is 1. The minimum absolute atomic E-state index is 0.0791. The van der Waals surface area contributed by atoms with Crippen molar-refractivity contribution in [3.8, 4) is 11.1 Å². The van der Waals surface area contributed by atoms with Gasteiger partial charge in [-0.2, -0.15) is 0 Å². The van der Waals surface area contributed by atoms with Gasteiger partial charge in [0, 0.05) is 25.3 Å². The second-order valence-electron chi connectivity index (χ2n) is 7.53. The molecule has 0 saturated carbocycles. The predicted octanol–water partition coefficient (Wildman–Crippen LogP) is 4.65. The van der Waals surface area contributed by atoms with Crippen LogP contribution in [-0.4, -0.2) is 26.0 Å². The maximum Gasteiger partial charge on any atom is 0.194 e. The highest BCUT2D eigenvalue weighted by atomic mass is 16.6. The third-order valence-corrected chi connectivity index (χ3v) is 5.57. The second kappa shape index (κ2) is 6.07. The first-order chi connectivity index (χ1) is 13.1. The minimum atomic E-state index is -0.364. The number of anilines is 1. The number of epoxide rings is 1. The summed E-state index contributed by atoms with van der Waals surface area (Å²) in [4.78, 5) is 15.0. The first-order valence-electron chi connectivity index (χ1n) is 9.30. The molecule has 0 N–H and O–H groups in total. The van der Waals surface area contributed by atoms with E-state index < -0.39 is 0 Å². The summed E-state index contributed by atoms with van der Waals surface area (Å²) in [7, 11) is 4.03. The summed E-state index contributed by atoms with van der Waals surface area (Å²) in [5, 5.41) is 0. The third kappa shape index (κ3) is 2.75. The molecule has 0 radical (unpaired) electrons. The van der Waals surface area contributed by atoms with Crippen molar-refractivity contribution >= 4 is 11.5 Å². The van der Waals surface area contributed by atoms with E-state index in [0.29, 0.717) is 0 Å². The van der Waals surface area contributed by atoms with E-state index in [1.165, 1.54) is 22.3 Å². The summed E-state index contributed by atoms with van der Waals surface area (Å²) in [5.41, 5.74) is 8.04. The number of ether oxygens (including phenoxy) is 1. The van der Waals surface area contributed by atoms with Crippen molar-refractivity contribution in [3.05, 3.63) is 89.0 Å². The van der Waals surface area contributed by atoms with Crippen LogP contribution in [0.2, 0.25) is 0 Å². The van der Waals surface area contributed by atoms with Crippen molar-refractivity contribution in [2.24, 2.45) is 0 Å². The molecule has 2 atom stereocenters. The highest BCUT2D eigenvalue weighted by Crippen LogP contribution is 2.42. The van der Waals surface area contributed by atoms with E-state index in [2.05, 4.69) is 47.4 Å². The lowest BCUT2D eigenvalue weighted by Gasteiger charge is -2.12. The topological polar surface area (TPSA) is 32.8 Å². The summed E-state index contributed by atoms with van der Waals surface area (Å²) in [6.45, 7) is 0. The zero-order valence-electron chi connectivity index (χ0n) is 15.5. The van der Waals surface area contributed by atoms with Crippen LogP contribution in [0.5, 0.6) is 0 Å². The number of nitrogens with zero attached hydrogens (tertiary/aromatic N) is 1. The molecule has 1 fully saturated rings. The highest BCUT2D eigenvalue weighted by Gasteiger charge is 2.46. The quantitative estimate of drug-likeness (QED) is 0.395. The molecule has 1 saturated heterocycles. The van der Waals surface area contributed by atoms with Gasteiger partial charge in [0.25, 0.3) is 0 Å². The average molecular weight is 355 g/mol. The van der Waals surface area contributed by atoms with Crippen LogP contribution in [0.3, 0.4) is 0 Å². The van der Waals surface area contributed by atoms with Gasteiger partial charge in [-0.25, -0.2) is 0 Å². The van der Waals surface area contributed by atoms with Crippen LogP contribution in [0, 0.1) is 0 Å². The third-order valence-electron chi connectivity index (χ3n) is 5.57. The summed E-state index contributed by atoms with van der Waals surface area (Å²) in [6.07, 6.45) is 0.407. The van der Waals surface area contributed by atoms with E-state index in [9.17, 15) is 4.79 Å². The fourth-order valence-corrected chi connectivity index (χ4v) is 3.99. The molecular formula is C24H21NO2. The molecule has 0 amide bonds. The smallest absolute Gasteiger partial charge is 0.194 e. The Morgan fingerprint density at radius 3 is 2.44 bits per heavy atom. The van der Waals surface area contributed by atoms with Gasteiger partial charge in [-0.3, -0.25) is 4.79 Å². The van der Waals surface area contributed by atoms with E-state index in [1.807, 2.05) is 38.4 Å². The second-order valence-corrected chi connectivity index (χ2v) is 7.53. The number of carbonyl (C=O) groups excluding carboxylic acids is 1. The van der Waals surface area contributed by atoms with Gasteiger partial charge in [0.05, 0.1) is 0 Å². The predicted molar refractivity (Wildman–Crippen MR) is 107 cm³/mol. The van der Waals surface area contributed by atoms with E-state index >= 15 is 0 Å². The Morgan fingerprint density at radius 1 is 0.926 bits per heavy atom. The van der Waals surface area contributed by atoms with Gasteiger partial charge >= 0.3 is 0 Å². The largest absolute Gasteiger partial charge is 0.378 e. The molecule has 3 aromatic rings. The number of hydrogen-bond acceptors (Lipinski definition) is 3. The van der Waals surface area contributed by atoms with E-state index in [0.717, 1.165) is 23.2 Å². The maximum atomic E-state index is 12.9. The van der Waals surface area contributed by atoms with Crippen LogP contribution < -0.4 is 4.90 Å². The monoisotopic (exact) mass is 355 g/mol. The number of rotatable bonds is 4. The highest BCUT2D eigenvalue weighted by molar-refractivity contribution is 6.02. The van der Waals surface area contributed by atoms with Crippen LogP contribution in [0.15, 0.2) is 66.7 Å². The number of fused-ring (bicyclic) bond motifs is 3. The number of Topliss-reactive ketones (excluding diaryl/α,β-unsaturated/α-hetero) is 1. The Balaban J connectivity index is 1.35. The van der Waals surface area contributed by atoms with Crippen molar-refractivity contribution in [1.29, 1.82) is 0 Å². The van der Waals surface area contributed by atoms with Gasteiger partial charge in [0.15, 0.2) is 11.9 Å². The van der Waals surface area contributed by atoms with E-state index in [1.54, 1.807) is 0 Å². The molecule has 0 bridgehead atoms. The lowest BCUT2D eigenvalue weighted by atomic mass is 9.98. The molecule has 2 aliphatic rings. The summed E-state index contributed by atoms with van der Waals surface area (Å²) < 4.78 is 5.74. The Hall–Kier alpha value is -2.91. The summed E-state index contributed by atoms with van der Waals surface area (Å²) in [6, 6.07) is 22.7. The first kappa shape index (κ1) is 16.3. The van der Waals surface area contributed by atoms with Crippen molar-refractivity contribution in [2.75, 3.05) is 19.0 Å². The van der Waals surface area contributed by atoms with Crippen molar-refractivity contribution in [1.82, 2.24) is 0 Å². The van der Waals surface area contributed by atoms with Crippen LogP contribution in [0.1, 0.15) is 33.2 Å². The normalized spacial score (nSPS) is 19.3. The van der Waals surface area contributed by atoms with Crippen LogP contribution in [0.25, 0.3) is 11.1 Å². The van der Waals surface area contributed by atoms with Crippen molar-refractivity contribution < 1.29 is 9.53 Å². The molecule has 1 heterocycles. The molecule has 1 aliphatic heterocycles. The molecule has 3 heteroatoms. The van der Waals surface area contributed by atoms with E-state index in [-0.39, 0.29) is 18.0 Å². The number of benzene rings is 3. The first-order valence-corrected chi connectivity index (χ1v) is 9.30. The van der Waals surface area contributed by atoms with Crippen LogP contribution in [-0.2, 0) is 11.2 Å². The van der Waals surface area contributed by atoms with E-state index in [4.69, 9.17) is 4.74 Å². The standard InChI is InChI=1S/C24H21NO2/c1-25(2)19-10-7-15(8-11-19)23-24(27-23)22(26)17-9-12-21-18(14-17)13-16-5-3-4-6-20(16)21/h3-12,14,23-24H,13H2,1-2H3/t23-,24+/m1/s1. The lowest BCUT2D eigenvalue weighted by Crippen LogP contribution is -2.09. The molecular weight excluding hydrogens is 334 g/mol. The molecule has 27 heavy (non-hydrogen) atoms. The molecule has 5 rings (SSSR count). The van der Waals surface area contributed by atoms with Gasteiger partial charge in [0.2, 0.25) is 0 Å². The Labute approximate surface area is 159 Å². The van der Waals surface area contributed by atoms with Crippen molar-refractivity contribution in [3.63, 3.8) is 0 Å². The molecule has 0 spiro atoms. The maximum absolute atomic E-state index is 12.9. The molecule has 1 aliphatic carbocycles. The van der Waals surface area contributed by atoms with Crippen molar-refractivity contribution in [2.45, 2.75) is 18.6 Å². The van der Waals surface area contributed by atoms with Gasteiger partial charge in [-0.05, 0) is 52.4 Å². The molecule has 134 valence electrons. The van der Waals surface area contributed by atoms with Gasteiger partial charge in [0.1, 0.15) is 6.10 Å². The number of carbonyl (C=O) groups is 1. The van der Waals surface area contributed by atoms with Gasteiger partial charge in [-0.15, -0.1) is 0 Å². The Morgan fingerprint density at radius 2 is 1.67 bits per heavy atom. The van der Waals surface area contributed by atoms with Crippen LogP contribution >= 0.6 is 0 Å². The lowest BCUT2D eigenvalue weighted by molar-refractivity contribution is 0.0953. The molecule has 3 nitrogen and oxygen atoms in total. The fraction of sp³-hybridized carbons (Fsp3) is 0.208.